The topological polar surface area (TPSA) is 86.3 Å². The minimum absolute atomic E-state index is 0.0702. The first-order chi connectivity index (χ1) is 16.1. The lowest BCUT2D eigenvalue weighted by molar-refractivity contribution is -0.122. The van der Waals surface area contributed by atoms with Gasteiger partial charge in [0.15, 0.2) is 5.82 Å². The van der Waals surface area contributed by atoms with Crippen LogP contribution in [0.4, 0.5) is 5.95 Å². The third-order valence-electron chi connectivity index (χ3n) is 6.42. The summed E-state index contributed by atoms with van der Waals surface area (Å²) < 4.78 is 7.47. The SMILES string of the molecule is COc1ccc(Cn2c(-c3ccc4ccccc4c3)nnc2N2CCC(C(N)=O)CC2)cc1. The van der Waals surface area contributed by atoms with E-state index in [0.717, 1.165) is 60.0 Å². The molecule has 5 rings (SSSR count). The Morgan fingerprint density at radius 1 is 1.00 bits per heavy atom. The zero-order valence-electron chi connectivity index (χ0n) is 18.6. The van der Waals surface area contributed by atoms with Crippen molar-refractivity contribution < 1.29 is 9.53 Å². The van der Waals surface area contributed by atoms with Gasteiger partial charge < -0.3 is 15.4 Å². The molecular weight excluding hydrogens is 414 g/mol. The molecule has 0 unspecified atom stereocenters. The molecule has 0 saturated carbocycles. The number of amides is 1. The molecular formula is C26H27N5O2. The maximum Gasteiger partial charge on any atom is 0.227 e. The highest BCUT2D eigenvalue weighted by molar-refractivity contribution is 5.86. The number of nitrogens with two attached hydrogens (primary N) is 1. The predicted molar refractivity (Wildman–Crippen MR) is 129 cm³/mol. The summed E-state index contributed by atoms with van der Waals surface area (Å²) in [4.78, 5) is 13.8. The van der Waals surface area contributed by atoms with Gasteiger partial charge in [-0.25, -0.2) is 0 Å². The minimum Gasteiger partial charge on any atom is -0.497 e. The average Bonchev–Trinajstić information content (AvgIpc) is 3.27. The number of methoxy groups -OCH3 is 1. The first-order valence-electron chi connectivity index (χ1n) is 11.2. The summed E-state index contributed by atoms with van der Waals surface area (Å²) in [6, 6.07) is 22.7. The second-order valence-electron chi connectivity index (χ2n) is 8.48. The number of rotatable bonds is 6. The van der Waals surface area contributed by atoms with Crippen LogP contribution in [0.1, 0.15) is 18.4 Å². The fraction of sp³-hybridized carbons (Fsp3) is 0.269. The van der Waals surface area contributed by atoms with E-state index in [4.69, 9.17) is 10.5 Å². The van der Waals surface area contributed by atoms with Gasteiger partial charge >= 0.3 is 0 Å². The Bertz CT molecular complexity index is 1270. The first-order valence-corrected chi connectivity index (χ1v) is 11.2. The van der Waals surface area contributed by atoms with E-state index in [0.29, 0.717) is 6.54 Å². The quantitative estimate of drug-likeness (QED) is 0.491. The second kappa shape index (κ2) is 8.94. The van der Waals surface area contributed by atoms with Crippen LogP contribution >= 0.6 is 0 Å². The maximum absolute atomic E-state index is 11.6. The van der Waals surface area contributed by atoms with Gasteiger partial charge in [0.2, 0.25) is 11.9 Å². The van der Waals surface area contributed by atoms with E-state index >= 15 is 0 Å². The number of hydrogen-bond donors (Lipinski definition) is 1. The molecule has 0 radical (unpaired) electrons. The zero-order valence-corrected chi connectivity index (χ0v) is 18.6. The number of ether oxygens (including phenoxy) is 1. The monoisotopic (exact) mass is 441 g/mol. The van der Waals surface area contributed by atoms with E-state index in [1.165, 1.54) is 5.39 Å². The molecule has 7 heteroatoms. The molecule has 3 aromatic carbocycles. The van der Waals surface area contributed by atoms with Gasteiger partial charge in [0.1, 0.15) is 5.75 Å². The van der Waals surface area contributed by atoms with E-state index in [9.17, 15) is 4.79 Å². The summed E-state index contributed by atoms with van der Waals surface area (Å²) in [7, 11) is 1.67. The number of benzene rings is 3. The third kappa shape index (κ3) is 4.26. The van der Waals surface area contributed by atoms with E-state index in [-0.39, 0.29) is 11.8 Å². The molecule has 1 amide bonds. The molecule has 2 heterocycles. The van der Waals surface area contributed by atoms with Crippen LogP contribution in [0.25, 0.3) is 22.2 Å². The smallest absolute Gasteiger partial charge is 0.227 e. The van der Waals surface area contributed by atoms with Gasteiger partial charge in [0.05, 0.1) is 13.7 Å². The summed E-state index contributed by atoms with van der Waals surface area (Å²) in [5.41, 5.74) is 7.68. The van der Waals surface area contributed by atoms with Crippen molar-refractivity contribution in [2.75, 3.05) is 25.1 Å². The van der Waals surface area contributed by atoms with Gasteiger partial charge in [-0.15, -0.1) is 10.2 Å². The molecule has 0 aliphatic carbocycles. The first kappa shape index (κ1) is 21.0. The molecule has 1 saturated heterocycles. The van der Waals surface area contributed by atoms with Crippen molar-refractivity contribution in [3.8, 4) is 17.1 Å². The lowest BCUT2D eigenvalue weighted by Crippen LogP contribution is -2.39. The normalized spacial score (nSPS) is 14.5. The number of piperidine rings is 1. The molecule has 2 N–H and O–H groups in total. The Labute approximate surface area is 192 Å². The molecule has 0 spiro atoms. The molecule has 1 fully saturated rings. The number of carbonyl (C=O) groups excluding carboxylic acids is 1. The average molecular weight is 442 g/mol. The molecule has 1 aromatic heterocycles. The number of nitrogens with zero attached hydrogens (tertiary/aromatic N) is 4. The number of carbonyl (C=O) groups is 1. The molecule has 33 heavy (non-hydrogen) atoms. The Kier molecular flexibility index (Phi) is 5.69. The maximum atomic E-state index is 11.6. The summed E-state index contributed by atoms with van der Waals surface area (Å²) in [5.74, 6) is 2.18. The van der Waals surface area contributed by atoms with Gasteiger partial charge in [0.25, 0.3) is 0 Å². The summed E-state index contributed by atoms with van der Waals surface area (Å²) in [6.45, 7) is 2.09. The minimum atomic E-state index is -0.216. The number of anilines is 1. The largest absolute Gasteiger partial charge is 0.497 e. The Morgan fingerprint density at radius 3 is 2.42 bits per heavy atom. The van der Waals surface area contributed by atoms with Crippen molar-refractivity contribution in [3.05, 3.63) is 72.3 Å². The van der Waals surface area contributed by atoms with Crippen molar-refractivity contribution in [1.29, 1.82) is 0 Å². The number of aromatic nitrogens is 3. The Balaban J connectivity index is 1.53. The van der Waals surface area contributed by atoms with E-state index in [1.54, 1.807) is 7.11 Å². The van der Waals surface area contributed by atoms with Crippen molar-refractivity contribution in [2.24, 2.45) is 11.7 Å². The van der Waals surface area contributed by atoms with E-state index in [1.807, 2.05) is 24.3 Å². The van der Waals surface area contributed by atoms with Crippen molar-refractivity contribution in [3.63, 3.8) is 0 Å². The molecule has 1 aliphatic rings. The van der Waals surface area contributed by atoms with Crippen LogP contribution in [0.2, 0.25) is 0 Å². The lowest BCUT2D eigenvalue weighted by Gasteiger charge is -2.31. The lowest BCUT2D eigenvalue weighted by atomic mass is 9.96. The van der Waals surface area contributed by atoms with Crippen LogP contribution < -0.4 is 15.4 Å². The summed E-state index contributed by atoms with van der Waals surface area (Å²) in [5, 5.41) is 11.6. The van der Waals surface area contributed by atoms with Crippen LogP contribution in [0.15, 0.2) is 66.7 Å². The molecule has 0 atom stereocenters. The second-order valence-corrected chi connectivity index (χ2v) is 8.48. The highest BCUT2D eigenvalue weighted by Crippen LogP contribution is 2.29. The number of hydrogen-bond acceptors (Lipinski definition) is 5. The van der Waals surface area contributed by atoms with E-state index < -0.39 is 0 Å². The molecule has 4 aromatic rings. The van der Waals surface area contributed by atoms with Crippen LogP contribution in [-0.2, 0) is 11.3 Å². The number of fused-ring (bicyclic) bond motifs is 1. The highest BCUT2D eigenvalue weighted by atomic mass is 16.5. The third-order valence-corrected chi connectivity index (χ3v) is 6.42. The van der Waals surface area contributed by atoms with Crippen LogP contribution in [0, 0.1) is 5.92 Å². The molecule has 168 valence electrons. The molecule has 0 bridgehead atoms. The Morgan fingerprint density at radius 2 is 1.73 bits per heavy atom. The van der Waals surface area contributed by atoms with Crippen molar-refractivity contribution in [2.45, 2.75) is 19.4 Å². The van der Waals surface area contributed by atoms with Gasteiger partial charge in [-0.1, -0.05) is 48.5 Å². The predicted octanol–water partition coefficient (Wildman–Crippen LogP) is 3.86. The standard InChI is InChI=1S/C26H27N5O2/c1-33-23-10-6-18(7-11-23)17-31-25(22-9-8-19-4-2-3-5-21(19)16-22)28-29-26(31)30-14-12-20(13-15-30)24(27)32/h2-11,16,20H,12-15,17H2,1H3,(H2,27,32). The van der Waals surface area contributed by atoms with Crippen molar-refractivity contribution >= 4 is 22.6 Å². The molecule has 7 nitrogen and oxygen atoms in total. The van der Waals surface area contributed by atoms with E-state index in [2.05, 4.69) is 62.1 Å². The van der Waals surface area contributed by atoms with Gasteiger partial charge in [-0.3, -0.25) is 9.36 Å². The Hall–Kier alpha value is -3.87. The van der Waals surface area contributed by atoms with Gasteiger partial charge in [-0.05, 0) is 47.4 Å². The van der Waals surface area contributed by atoms with Gasteiger partial charge in [-0.2, -0.15) is 0 Å². The molecule has 1 aliphatic heterocycles. The zero-order chi connectivity index (χ0) is 22.8. The summed E-state index contributed by atoms with van der Waals surface area (Å²) in [6.07, 6.45) is 1.46. The van der Waals surface area contributed by atoms with Crippen LogP contribution in [0.3, 0.4) is 0 Å². The highest BCUT2D eigenvalue weighted by Gasteiger charge is 2.27. The number of primary amides is 1. The van der Waals surface area contributed by atoms with Crippen molar-refractivity contribution in [1.82, 2.24) is 14.8 Å². The fourth-order valence-corrected chi connectivity index (χ4v) is 4.49. The van der Waals surface area contributed by atoms with Gasteiger partial charge in [0, 0.05) is 24.6 Å². The van der Waals surface area contributed by atoms with Crippen LogP contribution in [-0.4, -0.2) is 40.9 Å². The summed E-state index contributed by atoms with van der Waals surface area (Å²) >= 11 is 0. The fourth-order valence-electron chi connectivity index (χ4n) is 4.49. The van der Waals surface area contributed by atoms with Crippen LogP contribution in [0.5, 0.6) is 5.75 Å².